The number of nitrogens with one attached hydrogen (secondary N) is 1. The standard InChI is InChI=1S/C23H22ClN3/c1-16-17(2)27(15-19-6-4-3-5-7-19)22-21(16)12-13-25-23(22)26-14-18-8-10-20(24)11-9-18/h3-13H,14-15H2,1-2H3,(H,25,26). The molecule has 0 atom stereocenters. The van der Waals surface area contributed by atoms with Crippen LogP contribution in [0.25, 0.3) is 10.9 Å². The molecule has 0 saturated heterocycles. The number of hydrogen-bond donors (Lipinski definition) is 1. The van der Waals surface area contributed by atoms with Crippen molar-refractivity contribution in [1.29, 1.82) is 0 Å². The number of fused-ring (bicyclic) bond motifs is 1. The highest BCUT2D eigenvalue weighted by Gasteiger charge is 2.15. The SMILES string of the molecule is Cc1c(C)n(Cc2ccccc2)c2c(NCc3ccc(Cl)cc3)nccc12. The number of nitrogens with zero attached hydrogens (tertiary/aromatic N) is 2. The first-order valence-electron chi connectivity index (χ1n) is 9.10. The second-order valence-corrected chi connectivity index (χ2v) is 7.25. The fraction of sp³-hybridized carbons (Fsp3) is 0.174. The van der Waals surface area contributed by atoms with E-state index in [1.54, 1.807) is 0 Å². The highest BCUT2D eigenvalue weighted by atomic mass is 35.5. The van der Waals surface area contributed by atoms with E-state index in [4.69, 9.17) is 11.6 Å². The number of aryl methyl sites for hydroxylation is 1. The smallest absolute Gasteiger partial charge is 0.150 e. The molecule has 27 heavy (non-hydrogen) atoms. The molecular formula is C23H22ClN3. The van der Waals surface area contributed by atoms with Gasteiger partial charge in [0.2, 0.25) is 0 Å². The van der Waals surface area contributed by atoms with E-state index in [9.17, 15) is 0 Å². The van der Waals surface area contributed by atoms with Crippen LogP contribution >= 0.6 is 11.6 Å². The molecule has 3 nitrogen and oxygen atoms in total. The summed E-state index contributed by atoms with van der Waals surface area (Å²) in [5.74, 6) is 0.912. The maximum atomic E-state index is 5.99. The molecule has 0 radical (unpaired) electrons. The minimum Gasteiger partial charge on any atom is -0.364 e. The zero-order chi connectivity index (χ0) is 18.8. The summed E-state index contributed by atoms with van der Waals surface area (Å²) in [6, 6.07) is 20.6. The Kier molecular flexibility index (Phi) is 4.87. The Labute approximate surface area is 164 Å². The largest absolute Gasteiger partial charge is 0.364 e. The van der Waals surface area contributed by atoms with Gasteiger partial charge in [0, 0.05) is 35.4 Å². The van der Waals surface area contributed by atoms with E-state index in [0.717, 1.165) is 22.9 Å². The lowest BCUT2D eigenvalue weighted by Crippen LogP contribution is -2.07. The fourth-order valence-corrected chi connectivity index (χ4v) is 3.60. The first-order chi connectivity index (χ1) is 13.1. The molecule has 0 spiro atoms. The number of pyridine rings is 1. The Hall–Kier alpha value is -2.78. The molecule has 0 unspecified atom stereocenters. The van der Waals surface area contributed by atoms with Crippen molar-refractivity contribution in [3.63, 3.8) is 0 Å². The van der Waals surface area contributed by atoms with E-state index in [1.807, 2.05) is 30.5 Å². The van der Waals surface area contributed by atoms with Crippen molar-refractivity contribution in [1.82, 2.24) is 9.55 Å². The molecule has 0 saturated carbocycles. The number of aromatic nitrogens is 2. The zero-order valence-corrected chi connectivity index (χ0v) is 16.3. The highest BCUT2D eigenvalue weighted by molar-refractivity contribution is 6.30. The Morgan fingerprint density at radius 3 is 2.41 bits per heavy atom. The van der Waals surface area contributed by atoms with Crippen LogP contribution in [0.1, 0.15) is 22.4 Å². The van der Waals surface area contributed by atoms with Crippen molar-refractivity contribution >= 4 is 28.3 Å². The lowest BCUT2D eigenvalue weighted by Gasteiger charge is -2.13. The predicted octanol–water partition coefficient (Wildman–Crippen LogP) is 5.97. The maximum Gasteiger partial charge on any atom is 0.150 e. The second kappa shape index (κ2) is 7.45. The van der Waals surface area contributed by atoms with E-state index in [-0.39, 0.29) is 0 Å². The van der Waals surface area contributed by atoms with Crippen LogP contribution < -0.4 is 5.32 Å². The summed E-state index contributed by atoms with van der Waals surface area (Å²) in [4.78, 5) is 4.64. The van der Waals surface area contributed by atoms with Gasteiger partial charge in [-0.2, -0.15) is 0 Å². The van der Waals surface area contributed by atoms with Crippen LogP contribution in [0.15, 0.2) is 66.9 Å². The molecule has 0 aliphatic heterocycles. The third-order valence-corrected chi connectivity index (χ3v) is 5.35. The third kappa shape index (κ3) is 3.56. The van der Waals surface area contributed by atoms with Crippen molar-refractivity contribution < 1.29 is 0 Å². The lowest BCUT2D eigenvalue weighted by molar-refractivity contribution is 0.799. The molecule has 4 rings (SSSR count). The Morgan fingerprint density at radius 2 is 1.67 bits per heavy atom. The van der Waals surface area contributed by atoms with Crippen LogP contribution in [0.4, 0.5) is 5.82 Å². The first-order valence-corrected chi connectivity index (χ1v) is 9.48. The Bertz CT molecular complexity index is 1070. The van der Waals surface area contributed by atoms with Crippen LogP contribution in [0.5, 0.6) is 0 Å². The fourth-order valence-electron chi connectivity index (χ4n) is 3.48. The quantitative estimate of drug-likeness (QED) is 0.466. The van der Waals surface area contributed by atoms with E-state index in [0.29, 0.717) is 6.54 Å². The predicted molar refractivity (Wildman–Crippen MR) is 114 cm³/mol. The van der Waals surface area contributed by atoms with E-state index in [2.05, 4.69) is 65.1 Å². The van der Waals surface area contributed by atoms with E-state index < -0.39 is 0 Å². The molecule has 1 N–H and O–H groups in total. The summed E-state index contributed by atoms with van der Waals surface area (Å²) < 4.78 is 2.36. The monoisotopic (exact) mass is 375 g/mol. The third-order valence-electron chi connectivity index (χ3n) is 5.10. The highest BCUT2D eigenvalue weighted by Crippen LogP contribution is 2.30. The van der Waals surface area contributed by atoms with Gasteiger partial charge in [-0.25, -0.2) is 4.98 Å². The molecule has 2 aromatic carbocycles. The molecular weight excluding hydrogens is 354 g/mol. The van der Waals surface area contributed by atoms with Crippen molar-refractivity contribution in [2.45, 2.75) is 26.9 Å². The van der Waals surface area contributed by atoms with Crippen LogP contribution in [0, 0.1) is 13.8 Å². The summed E-state index contributed by atoms with van der Waals surface area (Å²) in [6.07, 6.45) is 1.88. The van der Waals surface area contributed by atoms with E-state index >= 15 is 0 Å². The zero-order valence-electron chi connectivity index (χ0n) is 15.5. The molecule has 0 aliphatic carbocycles. The van der Waals surface area contributed by atoms with Crippen molar-refractivity contribution in [2.75, 3.05) is 5.32 Å². The van der Waals surface area contributed by atoms with Crippen LogP contribution in [0.2, 0.25) is 5.02 Å². The number of benzene rings is 2. The summed E-state index contributed by atoms with van der Waals surface area (Å²) in [6.45, 7) is 5.90. The van der Waals surface area contributed by atoms with Crippen molar-refractivity contribution in [2.24, 2.45) is 0 Å². The maximum absolute atomic E-state index is 5.99. The first kappa shape index (κ1) is 17.6. The number of hydrogen-bond acceptors (Lipinski definition) is 2. The number of halogens is 1. The minimum absolute atomic E-state index is 0.706. The summed E-state index contributed by atoms with van der Waals surface area (Å²) in [7, 11) is 0. The average molecular weight is 376 g/mol. The molecule has 0 amide bonds. The minimum atomic E-state index is 0.706. The topological polar surface area (TPSA) is 29.9 Å². The van der Waals surface area contributed by atoms with Crippen LogP contribution in [0.3, 0.4) is 0 Å². The summed E-state index contributed by atoms with van der Waals surface area (Å²) >= 11 is 5.99. The van der Waals surface area contributed by atoms with Gasteiger partial charge in [-0.3, -0.25) is 0 Å². The molecule has 4 heteroatoms. The molecule has 2 aromatic heterocycles. The van der Waals surface area contributed by atoms with Gasteiger partial charge in [0.15, 0.2) is 5.82 Å². The number of rotatable bonds is 5. The Balaban J connectivity index is 1.72. The molecule has 4 aromatic rings. The average Bonchev–Trinajstić information content (AvgIpc) is 2.94. The molecule has 2 heterocycles. The van der Waals surface area contributed by atoms with Crippen LogP contribution in [-0.2, 0) is 13.1 Å². The van der Waals surface area contributed by atoms with Crippen molar-refractivity contribution in [3.05, 3.63) is 94.3 Å². The molecule has 136 valence electrons. The molecule has 0 bridgehead atoms. The van der Waals surface area contributed by atoms with Gasteiger partial charge < -0.3 is 9.88 Å². The normalized spacial score (nSPS) is 11.1. The summed E-state index contributed by atoms with van der Waals surface area (Å²) in [5.41, 5.74) is 6.19. The van der Waals surface area contributed by atoms with Gasteiger partial charge in [0.25, 0.3) is 0 Å². The van der Waals surface area contributed by atoms with Crippen LogP contribution in [-0.4, -0.2) is 9.55 Å². The van der Waals surface area contributed by atoms with Gasteiger partial charge in [-0.15, -0.1) is 0 Å². The Morgan fingerprint density at radius 1 is 0.926 bits per heavy atom. The van der Waals surface area contributed by atoms with Gasteiger partial charge >= 0.3 is 0 Å². The van der Waals surface area contributed by atoms with E-state index in [1.165, 1.54) is 27.8 Å². The molecule has 0 aliphatic rings. The van der Waals surface area contributed by atoms with Gasteiger partial charge in [0.05, 0.1) is 5.52 Å². The number of anilines is 1. The van der Waals surface area contributed by atoms with Gasteiger partial charge in [-0.1, -0.05) is 54.1 Å². The van der Waals surface area contributed by atoms with Gasteiger partial charge in [0.1, 0.15) is 0 Å². The second-order valence-electron chi connectivity index (χ2n) is 6.82. The molecule has 0 fully saturated rings. The summed E-state index contributed by atoms with van der Waals surface area (Å²) in [5, 5.41) is 5.51. The van der Waals surface area contributed by atoms with Gasteiger partial charge in [-0.05, 0) is 48.7 Å². The lowest BCUT2D eigenvalue weighted by atomic mass is 10.2. The van der Waals surface area contributed by atoms with Crippen molar-refractivity contribution in [3.8, 4) is 0 Å².